The number of likely N-dealkylation sites (tertiary alicyclic amines) is 1. The van der Waals surface area contributed by atoms with Crippen molar-refractivity contribution in [3.63, 3.8) is 0 Å². The van der Waals surface area contributed by atoms with Gasteiger partial charge in [0.15, 0.2) is 0 Å². The van der Waals surface area contributed by atoms with Crippen molar-refractivity contribution in [3.05, 3.63) is 71.7 Å². The molecule has 0 unspecified atom stereocenters. The molecule has 0 saturated carbocycles. The minimum Gasteiger partial charge on any atom is -0.382 e. The normalized spacial score (nSPS) is 18.4. The van der Waals surface area contributed by atoms with Gasteiger partial charge in [-0.2, -0.15) is 0 Å². The molecule has 0 spiro atoms. The predicted molar refractivity (Wildman–Crippen MR) is 147 cm³/mol. The highest BCUT2D eigenvalue weighted by molar-refractivity contribution is 6.04. The lowest BCUT2D eigenvalue weighted by Crippen LogP contribution is -2.55. The summed E-state index contributed by atoms with van der Waals surface area (Å²) in [6.07, 6.45) is 6.35. The number of aryl methyl sites for hydroxylation is 1. The first-order chi connectivity index (χ1) is 19.2. The van der Waals surface area contributed by atoms with E-state index in [-0.39, 0.29) is 23.6 Å². The Kier molecular flexibility index (Phi) is 6.46. The van der Waals surface area contributed by atoms with Crippen LogP contribution in [0.15, 0.2) is 48.9 Å². The van der Waals surface area contributed by atoms with E-state index in [0.29, 0.717) is 47.9 Å². The summed E-state index contributed by atoms with van der Waals surface area (Å²) in [5, 5.41) is 2.70. The molecule has 4 aromatic rings. The molecule has 2 saturated heterocycles. The summed E-state index contributed by atoms with van der Waals surface area (Å²) in [6, 6.07) is 8.49. The lowest BCUT2D eigenvalue weighted by atomic mass is 9.85. The summed E-state index contributed by atoms with van der Waals surface area (Å²) in [5.41, 5.74) is 8.81. The maximum atomic E-state index is 13.5. The van der Waals surface area contributed by atoms with Crippen LogP contribution in [0.25, 0.3) is 16.8 Å². The number of amides is 2. The van der Waals surface area contributed by atoms with E-state index in [1.807, 2.05) is 34.6 Å². The molecule has 2 aliphatic rings. The number of benzene rings is 1. The van der Waals surface area contributed by atoms with Crippen LogP contribution in [-0.2, 0) is 9.53 Å². The average Bonchev–Trinajstić information content (AvgIpc) is 3.34. The maximum absolute atomic E-state index is 13.5. The third kappa shape index (κ3) is 4.56. The molecule has 11 heteroatoms. The molecule has 0 bridgehead atoms. The predicted octanol–water partition coefficient (Wildman–Crippen LogP) is 3.82. The van der Waals surface area contributed by atoms with Crippen molar-refractivity contribution >= 4 is 29.0 Å². The van der Waals surface area contributed by atoms with E-state index in [4.69, 9.17) is 15.5 Å². The van der Waals surface area contributed by atoms with Crippen LogP contribution < -0.4 is 11.1 Å². The fourth-order valence-corrected chi connectivity index (χ4v) is 5.44. The number of aromatic nitrogens is 4. The van der Waals surface area contributed by atoms with E-state index >= 15 is 0 Å². The van der Waals surface area contributed by atoms with E-state index in [2.05, 4.69) is 15.3 Å². The zero-order chi connectivity index (χ0) is 28.0. The average molecular weight is 544 g/mol. The summed E-state index contributed by atoms with van der Waals surface area (Å²) in [4.78, 5) is 41.2. The summed E-state index contributed by atoms with van der Waals surface area (Å²) >= 11 is 0. The van der Waals surface area contributed by atoms with Crippen LogP contribution in [0.4, 0.5) is 16.0 Å². The Morgan fingerprint density at radius 2 is 1.98 bits per heavy atom. The minimum absolute atomic E-state index is 0.0297. The highest BCUT2D eigenvalue weighted by atomic mass is 19.1. The Balaban J connectivity index is 1.28. The van der Waals surface area contributed by atoms with Gasteiger partial charge in [0.1, 0.15) is 34.5 Å². The second-order valence-electron chi connectivity index (χ2n) is 10.8. The van der Waals surface area contributed by atoms with Crippen molar-refractivity contribution in [1.29, 1.82) is 0 Å². The zero-order valence-corrected chi connectivity index (χ0v) is 22.4. The number of halogens is 1. The lowest BCUT2D eigenvalue weighted by Gasteiger charge is -2.42. The molecule has 2 amide bonds. The molecule has 5 heterocycles. The van der Waals surface area contributed by atoms with Crippen LogP contribution in [0.3, 0.4) is 0 Å². The van der Waals surface area contributed by atoms with Gasteiger partial charge in [-0.1, -0.05) is 12.1 Å². The number of ether oxygens (including phenoxy) is 1. The highest BCUT2D eigenvalue weighted by Crippen LogP contribution is 2.36. The van der Waals surface area contributed by atoms with Gasteiger partial charge < -0.3 is 20.7 Å². The molecule has 6 rings (SSSR count). The third-order valence-corrected chi connectivity index (χ3v) is 7.75. The van der Waals surface area contributed by atoms with E-state index in [1.54, 1.807) is 25.3 Å². The Hall–Kier alpha value is -4.38. The number of nitrogens with one attached hydrogen (secondary N) is 1. The van der Waals surface area contributed by atoms with Crippen molar-refractivity contribution in [2.45, 2.75) is 32.6 Å². The molecule has 3 N–H and O–H groups in total. The number of nitrogen functional groups attached to an aromatic ring is 1. The van der Waals surface area contributed by atoms with Crippen molar-refractivity contribution < 1.29 is 18.7 Å². The molecule has 206 valence electrons. The Morgan fingerprint density at radius 3 is 2.67 bits per heavy atom. The molecule has 40 heavy (non-hydrogen) atoms. The van der Waals surface area contributed by atoms with Crippen LogP contribution in [0.2, 0.25) is 0 Å². The van der Waals surface area contributed by atoms with Crippen molar-refractivity contribution in [1.82, 2.24) is 24.3 Å². The molecule has 0 radical (unpaired) electrons. The molecule has 2 fully saturated rings. The van der Waals surface area contributed by atoms with Gasteiger partial charge >= 0.3 is 0 Å². The number of carbonyl (C=O) groups excluding carboxylic acids is 2. The zero-order valence-electron chi connectivity index (χ0n) is 22.4. The van der Waals surface area contributed by atoms with Crippen molar-refractivity contribution in [2.75, 3.05) is 37.4 Å². The molecule has 3 aromatic heterocycles. The minimum atomic E-state index is -0.449. The number of hydrogen-bond donors (Lipinski definition) is 2. The summed E-state index contributed by atoms with van der Waals surface area (Å²) in [5.74, 6) is 0.810. The molecule has 1 atom stereocenters. The van der Waals surface area contributed by atoms with Gasteiger partial charge in [-0.15, -0.1) is 0 Å². The number of nitrogens with two attached hydrogens (primary N) is 1. The van der Waals surface area contributed by atoms with Crippen LogP contribution in [0.5, 0.6) is 0 Å². The van der Waals surface area contributed by atoms with Gasteiger partial charge in [-0.3, -0.25) is 14.0 Å². The summed E-state index contributed by atoms with van der Waals surface area (Å²) in [6.45, 7) is 5.78. The molecule has 0 aliphatic carbocycles. The number of carbonyl (C=O) groups is 2. The first-order valence-electron chi connectivity index (χ1n) is 13.3. The number of rotatable bonds is 5. The van der Waals surface area contributed by atoms with Gasteiger partial charge in [-0.05, 0) is 50.5 Å². The molecular formula is C29H30FN7O3. The number of anilines is 2. The standard InChI is InChI=1S/C29H30FN7O3/c1-17-12-22(33-13-21(17)30)34-27(38)19-7-5-18(6-8-19)23-24-25(31)32-9-11-37(24)26(35-23)20-4-3-10-36(14-20)28(39)29(2)15-40-16-29/h5-9,11-13,20H,3-4,10,14-16H2,1-2H3,(H2,31,32)(H,33,34,38)/t20-/m1/s1. The number of piperidine rings is 1. The van der Waals surface area contributed by atoms with Crippen LogP contribution in [0.1, 0.15) is 47.4 Å². The van der Waals surface area contributed by atoms with Gasteiger partial charge in [0, 0.05) is 42.5 Å². The fraction of sp³-hybridized carbons (Fsp3) is 0.345. The van der Waals surface area contributed by atoms with Gasteiger partial charge in [0.2, 0.25) is 5.91 Å². The number of fused-ring (bicyclic) bond motifs is 1. The van der Waals surface area contributed by atoms with Crippen molar-refractivity contribution in [2.24, 2.45) is 5.41 Å². The van der Waals surface area contributed by atoms with E-state index in [0.717, 1.165) is 37.0 Å². The van der Waals surface area contributed by atoms with Crippen LogP contribution in [0, 0.1) is 18.2 Å². The van der Waals surface area contributed by atoms with Crippen molar-refractivity contribution in [3.8, 4) is 11.3 Å². The molecular weight excluding hydrogens is 513 g/mol. The molecule has 10 nitrogen and oxygen atoms in total. The number of nitrogens with zero attached hydrogens (tertiary/aromatic N) is 5. The first kappa shape index (κ1) is 25.9. The van der Waals surface area contributed by atoms with E-state index in [9.17, 15) is 14.0 Å². The first-order valence-corrected chi connectivity index (χ1v) is 13.3. The van der Waals surface area contributed by atoms with Crippen LogP contribution >= 0.6 is 0 Å². The van der Waals surface area contributed by atoms with E-state index in [1.165, 1.54) is 6.07 Å². The highest BCUT2D eigenvalue weighted by Gasteiger charge is 2.44. The number of pyridine rings is 1. The number of hydrogen-bond acceptors (Lipinski definition) is 7. The SMILES string of the molecule is Cc1cc(NC(=O)c2ccc(-c3nc([C@@H]4CCCN(C(=O)C5(C)COC5)C4)n4ccnc(N)c34)cc2)ncc1F. The van der Waals surface area contributed by atoms with Gasteiger partial charge in [-0.25, -0.2) is 19.3 Å². The van der Waals surface area contributed by atoms with Gasteiger partial charge in [0.05, 0.1) is 24.8 Å². The second-order valence-corrected chi connectivity index (χ2v) is 10.8. The largest absolute Gasteiger partial charge is 0.382 e. The molecule has 1 aromatic carbocycles. The fourth-order valence-electron chi connectivity index (χ4n) is 5.44. The summed E-state index contributed by atoms with van der Waals surface area (Å²) in [7, 11) is 0. The summed E-state index contributed by atoms with van der Waals surface area (Å²) < 4.78 is 20.8. The van der Waals surface area contributed by atoms with E-state index < -0.39 is 11.2 Å². The second kappa shape index (κ2) is 9.98. The lowest BCUT2D eigenvalue weighted by molar-refractivity contribution is -0.169. The Bertz CT molecular complexity index is 1610. The monoisotopic (exact) mass is 543 g/mol. The van der Waals surface area contributed by atoms with Crippen LogP contribution in [-0.4, -0.2) is 62.4 Å². The number of imidazole rings is 1. The van der Waals surface area contributed by atoms with Gasteiger partial charge in [0.25, 0.3) is 5.91 Å². The molecule has 2 aliphatic heterocycles. The quantitative estimate of drug-likeness (QED) is 0.392. The Morgan fingerprint density at radius 1 is 1.20 bits per heavy atom. The smallest absolute Gasteiger partial charge is 0.256 e. The Labute approximate surface area is 230 Å². The topological polar surface area (TPSA) is 128 Å². The maximum Gasteiger partial charge on any atom is 0.256 e. The third-order valence-electron chi connectivity index (χ3n) is 7.75.